The first-order valence-corrected chi connectivity index (χ1v) is 9.16. The molecule has 0 aromatic heterocycles. The van der Waals surface area contributed by atoms with Crippen molar-refractivity contribution < 1.29 is 19.9 Å². The lowest BCUT2D eigenvalue weighted by molar-refractivity contribution is -0.152. The summed E-state index contributed by atoms with van der Waals surface area (Å²) in [6, 6.07) is 10.1. The zero-order valence-electron chi connectivity index (χ0n) is 15.1. The van der Waals surface area contributed by atoms with E-state index in [1.165, 1.54) is 0 Å². The van der Waals surface area contributed by atoms with Crippen molar-refractivity contribution in [2.45, 2.75) is 31.8 Å². The van der Waals surface area contributed by atoms with Crippen LogP contribution in [-0.4, -0.2) is 58.8 Å². The molecule has 2 aliphatic rings. The topological polar surface area (TPSA) is 93.1 Å². The number of hydroxylamine groups is 1. The van der Waals surface area contributed by atoms with Gasteiger partial charge < -0.3 is 14.9 Å². The third-order valence-corrected chi connectivity index (χ3v) is 5.62. The zero-order chi connectivity index (χ0) is 18.7. The van der Waals surface area contributed by atoms with Crippen LogP contribution in [-0.2, 0) is 9.59 Å². The Morgan fingerprint density at radius 2 is 1.77 bits per heavy atom. The normalized spacial score (nSPS) is 29.3. The lowest BCUT2D eigenvalue weighted by Gasteiger charge is -2.42. The van der Waals surface area contributed by atoms with Gasteiger partial charge in [-0.2, -0.15) is 0 Å². The van der Waals surface area contributed by atoms with Gasteiger partial charge in [-0.15, -0.1) is 0 Å². The molecule has 1 saturated heterocycles. The zero-order valence-corrected chi connectivity index (χ0v) is 15.1. The summed E-state index contributed by atoms with van der Waals surface area (Å²) in [6.45, 7) is 4.38. The van der Waals surface area contributed by atoms with Crippen molar-refractivity contribution in [2.75, 3.05) is 31.1 Å². The molecule has 1 aliphatic carbocycles. The summed E-state index contributed by atoms with van der Waals surface area (Å²) in [6.07, 6.45) is 1.10. The van der Waals surface area contributed by atoms with Crippen molar-refractivity contribution in [3.63, 3.8) is 0 Å². The maximum absolute atomic E-state index is 13.0. The number of para-hydroxylation sites is 1. The summed E-state index contributed by atoms with van der Waals surface area (Å²) in [5.74, 6) is -1.85. The van der Waals surface area contributed by atoms with Crippen molar-refractivity contribution in [3.05, 3.63) is 30.3 Å². The molecule has 1 heterocycles. The summed E-state index contributed by atoms with van der Waals surface area (Å²) in [5.41, 5.74) is 1.82. The number of nitrogens with zero attached hydrogens (tertiary/aromatic N) is 2. The van der Waals surface area contributed by atoms with E-state index < -0.39 is 23.3 Å². The Balaban J connectivity index is 1.64. The Morgan fingerprint density at radius 3 is 2.38 bits per heavy atom. The Morgan fingerprint density at radius 1 is 1.12 bits per heavy atom. The number of hydrogen-bond donors (Lipinski definition) is 3. The highest BCUT2D eigenvalue weighted by Gasteiger charge is 2.44. The van der Waals surface area contributed by atoms with Gasteiger partial charge in [0.1, 0.15) is 0 Å². The molecule has 2 fully saturated rings. The lowest BCUT2D eigenvalue weighted by Crippen LogP contribution is -2.54. The number of anilines is 1. The second-order valence-electron chi connectivity index (χ2n) is 7.58. The molecule has 0 spiro atoms. The van der Waals surface area contributed by atoms with E-state index in [9.17, 15) is 14.7 Å². The lowest BCUT2D eigenvalue weighted by atomic mass is 9.71. The average Bonchev–Trinajstić information content (AvgIpc) is 2.67. The summed E-state index contributed by atoms with van der Waals surface area (Å²) >= 11 is 0. The third-order valence-electron chi connectivity index (χ3n) is 5.62. The van der Waals surface area contributed by atoms with Gasteiger partial charge in [-0.3, -0.25) is 14.8 Å². The number of aliphatic hydroxyl groups is 1. The monoisotopic (exact) mass is 361 g/mol. The van der Waals surface area contributed by atoms with E-state index in [2.05, 4.69) is 17.0 Å². The van der Waals surface area contributed by atoms with Crippen molar-refractivity contribution in [2.24, 2.45) is 11.8 Å². The smallest absolute Gasteiger partial charge is 0.247 e. The molecular formula is C19H27N3O4. The van der Waals surface area contributed by atoms with Crippen molar-refractivity contribution in [1.82, 2.24) is 10.4 Å². The van der Waals surface area contributed by atoms with Crippen LogP contribution in [0.3, 0.4) is 0 Å². The minimum Gasteiger partial charge on any atom is -0.390 e. The maximum atomic E-state index is 13.0. The number of piperazine rings is 1. The van der Waals surface area contributed by atoms with Crippen molar-refractivity contribution >= 4 is 17.5 Å². The van der Waals surface area contributed by atoms with E-state index in [1.54, 1.807) is 12.4 Å². The number of carbonyl (C=O) groups is 2. The molecule has 7 nitrogen and oxygen atoms in total. The highest BCUT2D eigenvalue weighted by molar-refractivity contribution is 5.87. The maximum Gasteiger partial charge on any atom is 0.247 e. The highest BCUT2D eigenvalue weighted by atomic mass is 16.5. The molecular weight excluding hydrogens is 334 g/mol. The second-order valence-corrected chi connectivity index (χ2v) is 7.58. The van der Waals surface area contributed by atoms with Crippen molar-refractivity contribution in [1.29, 1.82) is 0 Å². The van der Waals surface area contributed by atoms with Gasteiger partial charge in [-0.05, 0) is 38.3 Å². The number of hydrogen-bond acceptors (Lipinski definition) is 5. The minimum absolute atomic E-state index is 0.0539. The molecule has 2 amide bonds. The van der Waals surface area contributed by atoms with Crippen molar-refractivity contribution in [3.8, 4) is 0 Å². The van der Waals surface area contributed by atoms with Crippen LogP contribution in [0.25, 0.3) is 0 Å². The van der Waals surface area contributed by atoms with Gasteiger partial charge in [0.2, 0.25) is 11.8 Å². The summed E-state index contributed by atoms with van der Waals surface area (Å²) in [5, 5.41) is 19.3. The minimum atomic E-state index is -0.986. The predicted molar refractivity (Wildman–Crippen MR) is 96.6 cm³/mol. The van der Waals surface area contributed by atoms with E-state index >= 15 is 0 Å². The van der Waals surface area contributed by atoms with Crippen LogP contribution in [0.4, 0.5) is 5.69 Å². The number of rotatable bonds is 3. The Labute approximate surface area is 153 Å². The number of amides is 2. The van der Waals surface area contributed by atoms with Crippen LogP contribution in [0.5, 0.6) is 0 Å². The predicted octanol–water partition coefficient (Wildman–Crippen LogP) is 1.01. The molecule has 3 rings (SSSR count). The molecule has 3 unspecified atom stereocenters. The molecule has 142 valence electrons. The molecule has 3 atom stereocenters. The number of carbonyl (C=O) groups excluding carboxylic acids is 2. The second kappa shape index (κ2) is 7.63. The SMILES string of the molecule is CC1(O)CCC(C(=O)N2CCN(c3ccccc3)CC2)C(C(=O)NO)C1. The third kappa shape index (κ3) is 3.99. The molecule has 1 aliphatic heterocycles. The fraction of sp³-hybridized carbons (Fsp3) is 0.579. The largest absolute Gasteiger partial charge is 0.390 e. The van der Waals surface area contributed by atoms with E-state index in [-0.39, 0.29) is 12.3 Å². The van der Waals surface area contributed by atoms with Gasteiger partial charge in [0, 0.05) is 31.9 Å². The van der Waals surface area contributed by atoms with Gasteiger partial charge in [0.05, 0.1) is 17.4 Å². The van der Waals surface area contributed by atoms with E-state index in [0.717, 1.165) is 18.8 Å². The van der Waals surface area contributed by atoms with E-state index in [0.29, 0.717) is 25.9 Å². The Bertz CT molecular complexity index is 641. The first-order valence-electron chi connectivity index (χ1n) is 9.16. The molecule has 3 N–H and O–H groups in total. The fourth-order valence-electron chi connectivity index (χ4n) is 4.10. The van der Waals surface area contributed by atoms with Gasteiger partial charge >= 0.3 is 0 Å². The van der Waals surface area contributed by atoms with Gasteiger partial charge in [-0.1, -0.05) is 18.2 Å². The number of nitrogens with one attached hydrogen (secondary N) is 1. The molecule has 1 saturated carbocycles. The van der Waals surface area contributed by atoms with E-state index in [4.69, 9.17) is 5.21 Å². The van der Waals surface area contributed by atoms with Crippen LogP contribution in [0.2, 0.25) is 0 Å². The molecule has 7 heteroatoms. The number of benzene rings is 1. The van der Waals surface area contributed by atoms with Crippen LogP contribution in [0, 0.1) is 11.8 Å². The van der Waals surface area contributed by atoms with Crippen LogP contribution in [0.1, 0.15) is 26.2 Å². The molecule has 1 aromatic carbocycles. The standard InChI is InChI=1S/C19H27N3O4/c1-19(25)8-7-15(16(13-19)17(23)20-26)18(24)22-11-9-21(10-12-22)14-5-3-2-4-6-14/h2-6,15-16,25-26H,7-13H2,1H3,(H,20,23). The summed E-state index contributed by atoms with van der Waals surface area (Å²) < 4.78 is 0. The first kappa shape index (κ1) is 18.7. The highest BCUT2D eigenvalue weighted by Crippen LogP contribution is 2.37. The van der Waals surface area contributed by atoms with Crippen LogP contribution < -0.4 is 10.4 Å². The quantitative estimate of drug-likeness (QED) is 0.552. The molecule has 1 aromatic rings. The van der Waals surface area contributed by atoms with Gasteiger partial charge in [0.25, 0.3) is 0 Å². The fourth-order valence-corrected chi connectivity index (χ4v) is 4.10. The summed E-state index contributed by atoms with van der Waals surface area (Å²) in [4.78, 5) is 29.1. The van der Waals surface area contributed by atoms with Gasteiger partial charge in [0.15, 0.2) is 0 Å². The summed E-state index contributed by atoms with van der Waals surface area (Å²) in [7, 11) is 0. The van der Waals surface area contributed by atoms with E-state index in [1.807, 2.05) is 23.1 Å². The molecule has 0 radical (unpaired) electrons. The Kier molecular flexibility index (Phi) is 5.48. The molecule has 26 heavy (non-hydrogen) atoms. The van der Waals surface area contributed by atoms with Gasteiger partial charge in [-0.25, -0.2) is 5.48 Å². The average molecular weight is 361 g/mol. The Hall–Kier alpha value is -2.12. The van der Waals surface area contributed by atoms with Crippen LogP contribution in [0.15, 0.2) is 30.3 Å². The molecule has 0 bridgehead atoms. The van der Waals surface area contributed by atoms with Crippen LogP contribution >= 0.6 is 0 Å². The first-order chi connectivity index (χ1) is 12.4.